The van der Waals surface area contributed by atoms with E-state index < -0.39 is 11.7 Å². The van der Waals surface area contributed by atoms with Crippen LogP contribution in [-0.4, -0.2) is 16.5 Å². The molecule has 126 valence electrons. The van der Waals surface area contributed by atoms with Gasteiger partial charge in [-0.3, -0.25) is 4.98 Å². The molecule has 0 aliphatic rings. The molecule has 0 aliphatic carbocycles. The molecule has 3 aromatic rings. The highest BCUT2D eigenvalue weighted by Crippen LogP contribution is 2.35. The number of alkyl halides is 3. The summed E-state index contributed by atoms with van der Waals surface area (Å²) in [6.07, 6.45) is -0.381. The van der Waals surface area contributed by atoms with Gasteiger partial charge in [0.1, 0.15) is 0 Å². The average molecular weight is 333 g/mol. The van der Waals surface area contributed by atoms with E-state index in [9.17, 15) is 13.2 Å². The second-order valence-electron chi connectivity index (χ2n) is 5.70. The number of nitrogens with zero attached hydrogens (tertiary/aromatic N) is 1. The Morgan fingerprint density at radius 3 is 2.58 bits per heavy atom. The molecule has 0 aliphatic heterocycles. The standard InChI is InChI=1S/C18H18F3N3/c19-18(20,21)12-7-8-15-14(11-12)13(5-1-3-9-22)17(24-15)16-6-2-4-10-23-16/h2,4,6-8,10-11,24H,1,3,5,9,22H2. The number of H-pyrrole nitrogens is 1. The first-order valence-corrected chi connectivity index (χ1v) is 7.84. The summed E-state index contributed by atoms with van der Waals surface area (Å²) in [4.78, 5) is 7.55. The van der Waals surface area contributed by atoms with Crippen LogP contribution in [0.2, 0.25) is 0 Å². The molecule has 0 atom stereocenters. The van der Waals surface area contributed by atoms with Crippen molar-refractivity contribution in [3.8, 4) is 11.4 Å². The molecule has 0 radical (unpaired) electrons. The molecule has 24 heavy (non-hydrogen) atoms. The van der Waals surface area contributed by atoms with Crippen molar-refractivity contribution >= 4 is 10.9 Å². The number of aromatic amines is 1. The zero-order valence-corrected chi connectivity index (χ0v) is 13.0. The van der Waals surface area contributed by atoms with Crippen molar-refractivity contribution in [3.05, 3.63) is 53.7 Å². The van der Waals surface area contributed by atoms with E-state index in [2.05, 4.69) is 9.97 Å². The van der Waals surface area contributed by atoms with Gasteiger partial charge >= 0.3 is 6.18 Å². The van der Waals surface area contributed by atoms with Crippen LogP contribution in [0.5, 0.6) is 0 Å². The summed E-state index contributed by atoms with van der Waals surface area (Å²) in [5, 5.41) is 0.600. The molecule has 6 heteroatoms. The lowest BCUT2D eigenvalue weighted by atomic mass is 10.0. The minimum Gasteiger partial charge on any atom is -0.353 e. The third-order valence-electron chi connectivity index (χ3n) is 4.04. The monoisotopic (exact) mass is 333 g/mol. The first-order valence-electron chi connectivity index (χ1n) is 7.84. The second-order valence-corrected chi connectivity index (χ2v) is 5.70. The van der Waals surface area contributed by atoms with Crippen LogP contribution in [0.3, 0.4) is 0 Å². The van der Waals surface area contributed by atoms with E-state index in [1.54, 1.807) is 6.20 Å². The molecule has 0 fully saturated rings. The lowest BCUT2D eigenvalue weighted by Crippen LogP contribution is -2.04. The highest BCUT2D eigenvalue weighted by atomic mass is 19.4. The number of nitrogens with two attached hydrogens (primary N) is 1. The van der Waals surface area contributed by atoms with E-state index in [0.29, 0.717) is 23.9 Å². The SMILES string of the molecule is NCCCCc1c(-c2ccccn2)[nH]c2ccc(C(F)(F)F)cc12. The van der Waals surface area contributed by atoms with Crippen LogP contribution in [0.15, 0.2) is 42.6 Å². The van der Waals surface area contributed by atoms with Gasteiger partial charge in [0.15, 0.2) is 0 Å². The number of hydrogen-bond donors (Lipinski definition) is 2. The van der Waals surface area contributed by atoms with Gasteiger partial charge in [-0.2, -0.15) is 13.2 Å². The molecule has 2 aromatic heterocycles. The summed E-state index contributed by atoms with van der Waals surface area (Å²) < 4.78 is 39.1. The minimum atomic E-state index is -4.36. The predicted molar refractivity (Wildman–Crippen MR) is 88.5 cm³/mol. The highest BCUT2D eigenvalue weighted by molar-refractivity contribution is 5.90. The van der Waals surface area contributed by atoms with Crippen LogP contribution in [0.4, 0.5) is 13.2 Å². The lowest BCUT2D eigenvalue weighted by Gasteiger charge is -2.07. The Balaban J connectivity index is 2.14. The maximum atomic E-state index is 13.0. The smallest absolute Gasteiger partial charge is 0.353 e. The van der Waals surface area contributed by atoms with E-state index in [1.165, 1.54) is 12.1 Å². The molecular weight excluding hydrogens is 315 g/mol. The predicted octanol–water partition coefficient (Wildman–Crippen LogP) is 4.53. The number of nitrogens with one attached hydrogen (secondary N) is 1. The number of hydrogen-bond acceptors (Lipinski definition) is 2. The van der Waals surface area contributed by atoms with Gasteiger partial charge in [-0.15, -0.1) is 0 Å². The third kappa shape index (κ3) is 3.28. The van der Waals surface area contributed by atoms with Gasteiger partial charge in [0, 0.05) is 17.1 Å². The topological polar surface area (TPSA) is 54.7 Å². The molecule has 1 aromatic carbocycles. The summed E-state index contributed by atoms with van der Waals surface area (Å²) in [7, 11) is 0. The fourth-order valence-corrected chi connectivity index (χ4v) is 2.86. The zero-order chi connectivity index (χ0) is 17.2. The van der Waals surface area contributed by atoms with Crippen molar-refractivity contribution in [1.29, 1.82) is 0 Å². The number of fused-ring (bicyclic) bond motifs is 1. The summed E-state index contributed by atoms with van der Waals surface area (Å²) in [6.45, 7) is 0.565. The molecule has 0 amide bonds. The Kier molecular flexibility index (Phi) is 4.57. The molecule has 0 spiro atoms. The molecule has 2 heterocycles. The van der Waals surface area contributed by atoms with E-state index >= 15 is 0 Å². The maximum absolute atomic E-state index is 13.0. The Labute approximate surface area is 137 Å². The summed E-state index contributed by atoms with van der Waals surface area (Å²) >= 11 is 0. The summed E-state index contributed by atoms with van der Waals surface area (Å²) in [5.41, 5.74) is 7.96. The molecule has 3 rings (SSSR count). The van der Waals surface area contributed by atoms with Gasteiger partial charge in [-0.25, -0.2) is 0 Å². The first kappa shape index (κ1) is 16.5. The molecule has 0 saturated heterocycles. The number of aryl methyl sites for hydroxylation is 1. The Hall–Kier alpha value is -2.34. The van der Waals surface area contributed by atoms with Crippen molar-refractivity contribution in [2.75, 3.05) is 6.54 Å². The van der Waals surface area contributed by atoms with E-state index in [0.717, 1.165) is 35.9 Å². The van der Waals surface area contributed by atoms with Gasteiger partial charge in [0.25, 0.3) is 0 Å². The fourth-order valence-electron chi connectivity index (χ4n) is 2.86. The average Bonchev–Trinajstić information content (AvgIpc) is 2.93. The summed E-state index contributed by atoms with van der Waals surface area (Å²) in [5.74, 6) is 0. The van der Waals surface area contributed by atoms with Crippen LogP contribution in [0.25, 0.3) is 22.3 Å². The largest absolute Gasteiger partial charge is 0.416 e. The van der Waals surface area contributed by atoms with Crippen molar-refractivity contribution in [2.24, 2.45) is 5.73 Å². The number of aromatic nitrogens is 2. The number of benzene rings is 1. The molecular formula is C18H18F3N3. The second kappa shape index (κ2) is 6.65. The third-order valence-corrected chi connectivity index (χ3v) is 4.04. The van der Waals surface area contributed by atoms with Crippen molar-refractivity contribution < 1.29 is 13.2 Å². The van der Waals surface area contributed by atoms with Gasteiger partial charge in [-0.1, -0.05) is 6.07 Å². The Morgan fingerprint density at radius 1 is 1.08 bits per heavy atom. The van der Waals surface area contributed by atoms with Crippen LogP contribution in [0, 0.1) is 0 Å². The fraction of sp³-hybridized carbons (Fsp3) is 0.278. The van der Waals surface area contributed by atoms with Crippen molar-refractivity contribution in [3.63, 3.8) is 0 Å². The normalized spacial score (nSPS) is 12.0. The maximum Gasteiger partial charge on any atom is 0.416 e. The van der Waals surface area contributed by atoms with E-state index in [4.69, 9.17) is 5.73 Å². The van der Waals surface area contributed by atoms with Crippen molar-refractivity contribution in [1.82, 2.24) is 9.97 Å². The van der Waals surface area contributed by atoms with Crippen molar-refractivity contribution in [2.45, 2.75) is 25.4 Å². The highest BCUT2D eigenvalue weighted by Gasteiger charge is 2.31. The Morgan fingerprint density at radius 2 is 1.92 bits per heavy atom. The minimum absolute atomic E-state index is 0.565. The zero-order valence-electron chi connectivity index (χ0n) is 13.0. The molecule has 0 saturated carbocycles. The molecule has 3 N–H and O–H groups in total. The van der Waals surface area contributed by atoms with Crippen LogP contribution in [-0.2, 0) is 12.6 Å². The molecule has 0 unspecified atom stereocenters. The number of rotatable bonds is 5. The number of halogens is 3. The number of unbranched alkanes of at least 4 members (excludes halogenated alkanes) is 1. The van der Waals surface area contributed by atoms with Crippen LogP contribution in [0.1, 0.15) is 24.0 Å². The molecule has 3 nitrogen and oxygen atoms in total. The van der Waals surface area contributed by atoms with Crippen LogP contribution < -0.4 is 5.73 Å². The lowest BCUT2D eigenvalue weighted by molar-refractivity contribution is -0.137. The van der Waals surface area contributed by atoms with Gasteiger partial charge < -0.3 is 10.7 Å². The van der Waals surface area contributed by atoms with Crippen LogP contribution >= 0.6 is 0 Å². The number of pyridine rings is 1. The summed E-state index contributed by atoms with van der Waals surface area (Å²) in [6, 6.07) is 9.32. The van der Waals surface area contributed by atoms with E-state index in [1.807, 2.05) is 18.2 Å². The van der Waals surface area contributed by atoms with E-state index in [-0.39, 0.29) is 0 Å². The van der Waals surface area contributed by atoms with Gasteiger partial charge in [-0.05, 0) is 61.7 Å². The quantitative estimate of drug-likeness (QED) is 0.674. The first-order chi connectivity index (χ1) is 11.5. The molecule has 0 bridgehead atoms. The Bertz CT molecular complexity index is 823. The van der Waals surface area contributed by atoms with Gasteiger partial charge in [0.05, 0.1) is 17.0 Å². The van der Waals surface area contributed by atoms with Gasteiger partial charge in [0.2, 0.25) is 0 Å².